The van der Waals surface area contributed by atoms with Crippen LogP contribution in [0, 0.1) is 17.3 Å². The number of carbonyl (C=O) groups is 1. The average Bonchev–Trinajstić information content (AvgIpc) is 2.14. The topological polar surface area (TPSA) is 17.1 Å². The minimum absolute atomic E-state index is 0.258. The van der Waals surface area contributed by atoms with Gasteiger partial charge in [-0.05, 0) is 37.2 Å². The molecule has 1 aliphatic carbocycles. The maximum atomic E-state index is 11.7. The second-order valence-electron chi connectivity index (χ2n) is 6.38. The van der Waals surface area contributed by atoms with Crippen molar-refractivity contribution >= 4 is 5.78 Å². The predicted molar refractivity (Wildman–Crippen MR) is 73.9 cm³/mol. The van der Waals surface area contributed by atoms with Crippen LogP contribution in [0.2, 0.25) is 0 Å². The second-order valence-corrected chi connectivity index (χ2v) is 6.38. The van der Waals surface area contributed by atoms with Gasteiger partial charge in [-0.25, -0.2) is 0 Å². The molecule has 0 N–H and O–H groups in total. The molecule has 0 bridgehead atoms. The van der Waals surface area contributed by atoms with Crippen molar-refractivity contribution in [3.05, 3.63) is 23.8 Å². The zero-order valence-electron chi connectivity index (χ0n) is 11.9. The Balaban J connectivity index is 2.71. The fourth-order valence-electron chi connectivity index (χ4n) is 2.66. The van der Waals surface area contributed by atoms with Gasteiger partial charge >= 0.3 is 0 Å². The average molecular weight is 234 g/mol. The van der Waals surface area contributed by atoms with Gasteiger partial charge < -0.3 is 0 Å². The monoisotopic (exact) mass is 234 g/mol. The molecule has 0 saturated heterocycles. The summed E-state index contributed by atoms with van der Waals surface area (Å²) >= 11 is 0. The van der Waals surface area contributed by atoms with Crippen LogP contribution in [0.3, 0.4) is 0 Å². The van der Waals surface area contributed by atoms with Crippen molar-refractivity contribution < 1.29 is 4.79 Å². The van der Waals surface area contributed by atoms with Crippen LogP contribution in [-0.2, 0) is 4.79 Å². The molecule has 0 aliphatic heterocycles. The van der Waals surface area contributed by atoms with E-state index in [2.05, 4.69) is 46.8 Å². The molecular formula is C16H26O. The third-order valence-corrected chi connectivity index (χ3v) is 3.67. The molecule has 1 nitrogen and oxygen atoms in total. The Kier molecular flexibility index (Phi) is 4.73. The van der Waals surface area contributed by atoms with Crippen LogP contribution in [0.25, 0.3) is 0 Å². The summed E-state index contributed by atoms with van der Waals surface area (Å²) in [4.78, 5) is 11.7. The summed E-state index contributed by atoms with van der Waals surface area (Å²) in [5.74, 6) is 1.13. The normalized spacial score (nSPS) is 24.1. The van der Waals surface area contributed by atoms with Gasteiger partial charge in [0.1, 0.15) is 0 Å². The van der Waals surface area contributed by atoms with Crippen molar-refractivity contribution in [2.45, 2.75) is 53.9 Å². The lowest BCUT2D eigenvalue weighted by molar-refractivity contribution is -0.115. The van der Waals surface area contributed by atoms with Crippen molar-refractivity contribution in [3.63, 3.8) is 0 Å². The third kappa shape index (κ3) is 4.14. The van der Waals surface area contributed by atoms with E-state index < -0.39 is 0 Å². The summed E-state index contributed by atoms with van der Waals surface area (Å²) in [6, 6.07) is 0. The minimum Gasteiger partial charge on any atom is -0.295 e. The Morgan fingerprint density at radius 1 is 1.53 bits per heavy atom. The fourth-order valence-corrected chi connectivity index (χ4v) is 2.66. The first-order chi connectivity index (χ1) is 7.83. The summed E-state index contributed by atoms with van der Waals surface area (Å²) in [5, 5.41) is 0. The van der Waals surface area contributed by atoms with E-state index in [9.17, 15) is 4.79 Å². The van der Waals surface area contributed by atoms with E-state index in [0.29, 0.717) is 18.3 Å². The maximum absolute atomic E-state index is 11.7. The molecule has 96 valence electrons. The number of allylic oxidation sites excluding steroid dienone is 4. The molecule has 0 aromatic heterocycles. The Morgan fingerprint density at radius 2 is 2.18 bits per heavy atom. The van der Waals surface area contributed by atoms with E-state index in [0.717, 1.165) is 0 Å². The van der Waals surface area contributed by atoms with E-state index in [1.54, 1.807) is 6.08 Å². The van der Waals surface area contributed by atoms with E-state index in [1.807, 2.05) is 0 Å². The third-order valence-electron chi connectivity index (χ3n) is 3.67. The molecule has 0 saturated carbocycles. The molecule has 1 rings (SSSR count). The summed E-state index contributed by atoms with van der Waals surface area (Å²) in [5.41, 5.74) is 1.70. The minimum atomic E-state index is 0.258. The van der Waals surface area contributed by atoms with Crippen LogP contribution >= 0.6 is 0 Å². The predicted octanol–water partition coefficient (Wildman–Crippen LogP) is 4.54. The summed E-state index contributed by atoms with van der Waals surface area (Å²) in [7, 11) is 0. The van der Waals surface area contributed by atoms with Crippen molar-refractivity contribution in [1.29, 1.82) is 0 Å². The van der Waals surface area contributed by atoms with Crippen LogP contribution in [-0.4, -0.2) is 5.78 Å². The highest BCUT2D eigenvalue weighted by molar-refractivity contribution is 5.89. The van der Waals surface area contributed by atoms with Gasteiger partial charge in [0.2, 0.25) is 0 Å². The van der Waals surface area contributed by atoms with Gasteiger partial charge in [0.15, 0.2) is 5.78 Å². The lowest BCUT2D eigenvalue weighted by Gasteiger charge is -2.36. The Morgan fingerprint density at radius 3 is 2.71 bits per heavy atom. The molecule has 0 unspecified atom stereocenters. The first-order valence-electron chi connectivity index (χ1n) is 6.70. The first kappa shape index (κ1) is 14.2. The summed E-state index contributed by atoms with van der Waals surface area (Å²) in [6.07, 6.45) is 9.27. The van der Waals surface area contributed by atoms with Crippen molar-refractivity contribution in [1.82, 2.24) is 0 Å². The molecule has 1 aliphatic rings. The number of rotatable bonds is 4. The zero-order valence-corrected chi connectivity index (χ0v) is 11.9. The van der Waals surface area contributed by atoms with E-state index in [-0.39, 0.29) is 11.2 Å². The molecule has 0 heterocycles. The molecule has 0 amide bonds. The lowest BCUT2D eigenvalue weighted by atomic mass is 9.68. The molecule has 1 heteroatoms. The van der Waals surface area contributed by atoms with Gasteiger partial charge in [0.05, 0.1) is 0 Å². The molecule has 0 radical (unpaired) electrons. The van der Waals surface area contributed by atoms with Crippen LogP contribution in [0.4, 0.5) is 0 Å². The van der Waals surface area contributed by atoms with Crippen molar-refractivity contribution in [2.75, 3.05) is 0 Å². The first-order valence-corrected chi connectivity index (χ1v) is 6.70. The van der Waals surface area contributed by atoms with Gasteiger partial charge in [-0.2, -0.15) is 0 Å². The largest absolute Gasteiger partial charge is 0.295 e. The van der Waals surface area contributed by atoms with Crippen LogP contribution in [0.15, 0.2) is 23.8 Å². The molecule has 0 aromatic carbocycles. The van der Waals surface area contributed by atoms with Gasteiger partial charge in [-0.15, -0.1) is 0 Å². The number of hydrogen-bond acceptors (Lipinski definition) is 1. The van der Waals surface area contributed by atoms with Gasteiger partial charge in [-0.3, -0.25) is 4.79 Å². The number of carbonyl (C=O) groups excluding carboxylic acids is 1. The molecule has 0 aromatic rings. The zero-order chi connectivity index (χ0) is 13.1. The van der Waals surface area contributed by atoms with Gasteiger partial charge in [-0.1, -0.05) is 45.4 Å². The van der Waals surface area contributed by atoms with Crippen LogP contribution < -0.4 is 0 Å². The van der Waals surface area contributed by atoms with Crippen molar-refractivity contribution in [2.24, 2.45) is 17.3 Å². The van der Waals surface area contributed by atoms with Gasteiger partial charge in [0.25, 0.3) is 0 Å². The standard InChI is InChI=1S/C16H26O/c1-12(2)11-14(17)8-9-15-13(3)7-6-10-16(15,4)5/h7-9,12,15H,6,10-11H2,1-5H3/b9-8-/t15-/m0/s1. The molecular weight excluding hydrogens is 208 g/mol. The second kappa shape index (κ2) is 5.66. The highest BCUT2D eigenvalue weighted by Crippen LogP contribution is 2.41. The summed E-state index contributed by atoms with van der Waals surface area (Å²) < 4.78 is 0. The van der Waals surface area contributed by atoms with Gasteiger partial charge in [0, 0.05) is 12.3 Å². The highest BCUT2D eigenvalue weighted by Gasteiger charge is 2.30. The Bertz CT molecular complexity index is 331. The lowest BCUT2D eigenvalue weighted by Crippen LogP contribution is -2.26. The summed E-state index contributed by atoms with van der Waals surface area (Å²) in [6.45, 7) is 10.9. The molecule has 0 spiro atoms. The van der Waals surface area contributed by atoms with E-state index >= 15 is 0 Å². The quantitative estimate of drug-likeness (QED) is 0.515. The van der Waals surface area contributed by atoms with Crippen LogP contribution in [0.5, 0.6) is 0 Å². The highest BCUT2D eigenvalue weighted by atomic mass is 16.1. The fraction of sp³-hybridized carbons (Fsp3) is 0.688. The molecule has 17 heavy (non-hydrogen) atoms. The molecule has 1 atom stereocenters. The Labute approximate surface area is 106 Å². The number of hydrogen-bond donors (Lipinski definition) is 0. The molecule has 0 fully saturated rings. The maximum Gasteiger partial charge on any atom is 0.155 e. The smallest absolute Gasteiger partial charge is 0.155 e. The number of ketones is 1. The van der Waals surface area contributed by atoms with E-state index in [4.69, 9.17) is 0 Å². The van der Waals surface area contributed by atoms with Crippen molar-refractivity contribution in [3.8, 4) is 0 Å². The van der Waals surface area contributed by atoms with E-state index in [1.165, 1.54) is 18.4 Å². The Hall–Kier alpha value is -0.850. The SMILES string of the molecule is CC1=CCCC(C)(C)[C@H]1/C=C\C(=O)CC(C)C. The van der Waals surface area contributed by atoms with Crippen LogP contribution in [0.1, 0.15) is 53.9 Å².